The van der Waals surface area contributed by atoms with Crippen LogP contribution in [0.4, 0.5) is 0 Å². The molecule has 1 amide bonds. The molecule has 122 valence electrons. The minimum Gasteiger partial charge on any atom is -0.337 e. The Kier molecular flexibility index (Phi) is 3.79. The molecule has 2 fully saturated rings. The Hall–Kier alpha value is -1.36. The number of nitrogens with one attached hydrogen (secondary N) is 1. The Morgan fingerprint density at radius 1 is 1.27 bits per heavy atom. The third-order valence-electron chi connectivity index (χ3n) is 5.19. The molecule has 3 heterocycles. The second-order valence-corrected chi connectivity index (χ2v) is 7.97. The van der Waals surface area contributed by atoms with Crippen LogP contribution in [0.15, 0.2) is 6.07 Å². The Labute approximate surface area is 133 Å². The fraction of sp³-hybridized carbons (Fsp3) is 0.765. The highest BCUT2D eigenvalue weighted by Gasteiger charge is 2.38. The second-order valence-electron chi connectivity index (χ2n) is 7.97. The predicted octanol–water partition coefficient (Wildman–Crippen LogP) is 2.16. The third kappa shape index (κ3) is 2.78. The van der Waals surface area contributed by atoms with Crippen molar-refractivity contribution in [2.75, 3.05) is 26.2 Å². The summed E-state index contributed by atoms with van der Waals surface area (Å²) in [5.74, 6) is 0.0897. The molecule has 0 bridgehead atoms. The monoisotopic (exact) mass is 304 g/mol. The number of carbonyl (C=O) groups excluding carboxylic acids is 1. The number of carbonyl (C=O) groups is 1. The number of rotatable bonds is 1. The van der Waals surface area contributed by atoms with Crippen molar-refractivity contribution in [3.63, 3.8) is 0 Å². The van der Waals surface area contributed by atoms with E-state index in [1.807, 2.05) is 22.6 Å². The zero-order valence-corrected chi connectivity index (χ0v) is 14.3. The van der Waals surface area contributed by atoms with E-state index in [0.29, 0.717) is 11.1 Å². The lowest BCUT2D eigenvalue weighted by Gasteiger charge is -2.38. The summed E-state index contributed by atoms with van der Waals surface area (Å²) in [7, 11) is 0. The first-order valence-electron chi connectivity index (χ1n) is 8.38. The quantitative estimate of drug-likeness (QED) is 0.865. The van der Waals surface area contributed by atoms with Gasteiger partial charge in [-0.15, -0.1) is 0 Å². The summed E-state index contributed by atoms with van der Waals surface area (Å²) < 4.78 is 1.95. The van der Waals surface area contributed by atoms with Gasteiger partial charge in [-0.25, -0.2) is 0 Å². The molecule has 2 aliphatic rings. The Bertz CT molecular complexity index is 554. The molecule has 0 radical (unpaired) electrons. The molecule has 3 rings (SSSR count). The van der Waals surface area contributed by atoms with Crippen molar-refractivity contribution in [1.29, 1.82) is 0 Å². The average molecular weight is 304 g/mol. The largest absolute Gasteiger partial charge is 0.337 e. The smallest absolute Gasteiger partial charge is 0.274 e. The highest BCUT2D eigenvalue weighted by molar-refractivity contribution is 5.92. The molecule has 1 spiro atoms. The van der Waals surface area contributed by atoms with E-state index in [4.69, 9.17) is 0 Å². The van der Waals surface area contributed by atoms with Crippen LogP contribution in [0.1, 0.15) is 56.2 Å². The van der Waals surface area contributed by atoms with Crippen LogP contribution in [0.2, 0.25) is 0 Å². The number of hydrogen-bond donors (Lipinski definition) is 1. The van der Waals surface area contributed by atoms with Crippen LogP contribution in [-0.2, 0) is 5.54 Å². The van der Waals surface area contributed by atoms with Crippen molar-refractivity contribution in [3.05, 3.63) is 17.5 Å². The number of amides is 1. The highest BCUT2D eigenvalue weighted by atomic mass is 16.2. The third-order valence-corrected chi connectivity index (χ3v) is 5.19. The molecule has 2 aliphatic heterocycles. The molecule has 22 heavy (non-hydrogen) atoms. The lowest BCUT2D eigenvalue weighted by molar-refractivity contribution is 0.0600. The fourth-order valence-corrected chi connectivity index (χ4v) is 3.83. The topological polar surface area (TPSA) is 50.2 Å². The Morgan fingerprint density at radius 3 is 2.45 bits per heavy atom. The molecular weight excluding hydrogens is 276 g/mol. The van der Waals surface area contributed by atoms with Crippen molar-refractivity contribution >= 4 is 5.91 Å². The van der Waals surface area contributed by atoms with Gasteiger partial charge in [0.2, 0.25) is 0 Å². The van der Waals surface area contributed by atoms with E-state index in [9.17, 15) is 4.79 Å². The van der Waals surface area contributed by atoms with Crippen molar-refractivity contribution in [3.8, 4) is 0 Å². The van der Waals surface area contributed by atoms with Gasteiger partial charge in [-0.05, 0) is 65.0 Å². The van der Waals surface area contributed by atoms with E-state index in [1.165, 1.54) is 6.42 Å². The molecule has 0 aromatic carbocycles. The maximum Gasteiger partial charge on any atom is 0.274 e. The van der Waals surface area contributed by atoms with Crippen molar-refractivity contribution in [1.82, 2.24) is 20.0 Å². The first-order valence-corrected chi connectivity index (χ1v) is 8.38. The molecule has 0 saturated carbocycles. The SMILES string of the molecule is Cc1cc(C(=O)N2CCC3(CCNC3)CC2)nn1C(C)(C)C. The van der Waals surface area contributed by atoms with Crippen LogP contribution in [0, 0.1) is 12.3 Å². The van der Waals surface area contributed by atoms with E-state index in [0.717, 1.165) is 44.7 Å². The van der Waals surface area contributed by atoms with Gasteiger partial charge in [-0.2, -0.15) is 5.10 Å². The number of hydrogen-bond acceptors (Lipinski definition) is 3. The molecule has 0 aliphatic carbocycles. The van der Waals surface area contributed by atoms with Crippen molar-refractivity contribution in [2.24, 2.45) is 5.41 Å². The Morgan fingerprint density at radius 2 is 1.95 bits per heavy atom. The summed E-state index contributed by atoms with van der Waals surface area (Å²) in [5, 5.41) is 8.03. The zero-order chi connectivity index (χ0) is 16.0. The summed E-state index contributed by atoms with van der Waals surface area (Å²) in [6.45, 7) is 12.3. The van der Waals surface area contributed by atoms with Crippen LogP contribution in [0.25, 0.3) is 0 Å². The first kappa shape index (κ1) is 15.5. The van der Waals surface area contributed by atoms with E-state index in [2.05, 4.69) is 31.2 Å². The molecule has 0 unspecified atom stereocenters. The summed E-state index contributed by atoms with van der Waals surface area (Å²) in [6.07, 6.45) is 3.49. The standard InChI is InChI=1S/C17H28N4O/c1-13-11-14(19-21(13)16(2,3)4)15(22)20-9-6-17(7-10-20)5-8-18-12-17/h11,18H,5-10,12H2,1-4H3. The normalized spacial score (nSPS) is 21.5. The lowest BCUT2D eigenvalue weighted by atomic mass is 9.78. The Balaban J connectivity index is 1.70. The van der Waals surface area contributed by atoms with Crippen LogP contribution in [0.5, 0.6) is 0 Å². The molecule has 1 aromatic heterocycles. The number of aromatic nitrogens is 2. The van der Waals surface area contributed by atoms with Gasteiger partial charge in [-0.1, -0.05) is 0 Å². The van der Waals surface area contributed by atoms with Crippen LogP contribution < -0.4 is 5.32 Å². The summed E-state index contributed by atoms with van der Waals surface area (Å²) >= 11 is 0. The minimum absolute atomic E-state index is 0.0897. The molecule has 5 nitrogen and oxygen atoms in total. The van der Waals surface area contributed by atoms with E-state index < -0.39 is 0 Å². The number of aryl methyl sites for hydroxylation is 1. The lowest BCUT2D eigenvalue weighted by Crippen LogP contribution is -2.44. The van der Waals surface area contributed by atoms with Crippen molar-refractivity contribution in [2.45, 2.75) is 52.5 Å². The second kappa shape index (κ2) is 5.37. The maximum atomic E-state index is 12.7. The highest BCUT2D eigenvalue weighted by Crippen LogP contribution is 2.37. The van der Waals surface area contributed by atoms with Crippen molar-refractivity contribution < 1.29 is 4.79 Å². The summed E-state index contributed by atoms with van der Waals surface area (Å²) in [5.41, 5.74) is 1.99. The maximum absolute atomic E-state index is 12.7. The summed E-state index contributed by atoms with van der Waals surface area (Å²) in [6, 6.07) is 1.93. The first-order chi connectivity index (χ1) is 10.3. The van der Waals surface area contributed by atoms with Gasteiger partial charge >= 0.3 is 0 Å². The zero-order valence-electron chi connectivity index (χ0n) is 14.3. The number of nitrogens with zero attached hydrogens (tertiary/aromatic N) is 3. The summed E-state index contributed by atoms with van der Waals surface area (Å²) in [4.78, 5) is 14.7. The minimum atomic E-state index is -0.0932. The van der Waals surface area contributed by atoms with Gasteiger partial charge in [0.1, 0.15) is 0 Å². The molecule has 1 N–H and O–H groups in total. The van der Waals surface area contributed by atoms with E-state index in [-0.39, 0.29) is 11.4 Å². The van der Waals surface area contributed by atoms with E-state index >= 15 is 0 Å². The molecule has 0 atom stereocenters. The fourth-order valence-electron chi connectivity index (χ4n) is 3.83. The van der Waals surface area contributed by atoms with Gasteiger partial charge < -0.3 is 10.2 Å². The van der Waals surface area contributed by atoms with Gasteiger partial charge in [0.05, 0.1) is 5.54 Å². The number of piperidine rings is 1. The van der Waals surface area contributed by atoms with Gasteiger partial charge in [0, 0.05) is 25.3 Å². The molecule has 2 saturated heterocycles. The molecule has 1 aromatic rings. The average Bonchev–Trinajstić information content (AvgIpc) is 3.06. The van der Waals surface area contributed by atoms with Crippen LogP contribution in [-0.4, -0.2) is 46.8 Å². The molecule has 5 heteroatoms. The van der Waals surface area contributed by atoms with Gasteiger partial charge in [-0.3, -0.25) is 9.48 Å². The van der Waals surface area contributed by atoms with Gasteiger partial charge in [0.25, 0.3) is 5.91 Å². The van der Waals surface area contributed by atoms with E-state index in [1.54, 1.807) is 0 Å². The number of likely N-dealkylation sites (tertiary alicyclic amines) is 1. The van der Waals surface area contributed by atoms with Gasteiger partial charge in [0.15, 0.2) is 5.69 Å². The molecular formula is C17H28N4O. The van der Waals surface area contributed by atoms with Crippen LogP contribution >= 0.6 is 0 Å². The van der Waals surface area contributed by atoms with Crippen LogP contribution in [0.3, 0.4) is 0 Å². The predicted molar refractivity (Wildman–Crippen MR) is 87.0 cm³/mol.